The molecule has 0 atom stereocenters. The minimum absolute atomic E-state index is 0.117. The normalized spacial score (nSPS) is 10.8. The molecule has 0 aliphatic rings. The molecule has 0 bridgehead atoms. The van der Waals surface area contributed by atoms with E-state index >= 15 is 0 Å². The molecule has 1 heterocycles. The molecule has 0 saturated heterocycles. The van der Waals surface area contributed by atoms with Gasteiger partial charge in [0.1, 0.15) is 0 Å². The van der Waals surface area contributed by atoms with Crippen LogP contribution in [0.2, 0.25) is 0 Å². The van der Waals surface area contributed by atoms with Crippen LogP contribution in [-0.4, -0.2) is 30.0 Å². The van der Waals surface area contributed by atoms with Crippen LogP contribution in [0.15, 0.2) is 47.6 Å². The van der Waals surface area contributed by atoms with E-state index in [4.69, 9.17) is 4.74 Å². The fourth-order valence-electron chi connectivity index (χ4n) is 1.70. The van der Waals surface area contributed by atoms with Crippen LogP contribution < -0.4 is 4.74 Å². The maximum Gasteiger partial charge on any atom is 0.166 e. The average Bonchev–Trinajstić information content (AvgIpc) is 2.46. The average molecular weight is 256 g/mol. The van der Waals surface area contributed by atoms with Gasteiger partial charge in [0, 0.05) is 36.6 Å². The highest BCUT2D eigenvalue weighted by atomic mass is 16.5. The molecule has 0 saturated carbocycles. The molecule has 1 aromatic carbocycles. The van der Waals surface area contributed by atoms with Crippen molar-refractivity contribution in [1.82, 2.24) is 4.98 Å². The molecule has 0 aliphatic heterocycles. The second-order valence-corrected chi connectivity index (χ2v) is 4.00. The molecular formula is C15H16N2O2. The molecule has 0 unspecified atom stereocenters. The second-order valence-electron chi connectivity index (χ2n) is 4.00. The molecule has 0 radical (unpaired) electrons. The van der Waals surface area contributed by atoms with Crippen molar-refractivity contribution < 1.29 is 9.84 Å². The summed E-state index contributed by atoms with van der Waals surface area (Å²) in [5.74, 6) is 0.570. The maximum absolute atomic E-state index is 9.88. The van der Waals surface area contributed by atoms with Gasteiger partial charge in [0.15, 0.2) is 11.5 Å². The van der Waals surface area contributed by atoms with Gasteiger partial charge in [-0.3, -0.25) is 9.98 Å². The lowest BCUT2D eigenvalue weighted by atomic mass is 10.2. The lowest BCUT2D eigenvalue weighted by Crippen LogP contribution is -1.94. The fraction of sp³-hybridized carbons (Fsp3) is 0.200. The number of pyridine rings is 1. The number of hydrogen-bond acceptors (Lipinski definition) is 4. The van der Waals surface area contributed by atoms with E-state index in [2.05, 4.69) is 9.98 Å². The molecule has 1 N–H and O–H groups in total. The van der Waals surface area contributed by atoms with Crippen LogP contribution in [0.4, 0.5) is 0 Å². The SMILES string of the molecule is COc1cccc(C=NCCc2ccccn2)c1O. The van der Waals surface area contributed by atoms with E-state index in [1.807, 2.05) is 24.3 Å². The summed E-state index contributed by atoms with van der Waals surface area (Å²) >= 11 is 0. The first-order valence-electron chi connectivity index (χ1n) is 6.07. The van der Waals surface area contributed by atoms with E-state index < -0.39 is 0 Å². The van der Waals surface area contributed by atoms with Crippen molar-refractivity contribution in [2.75, 3.05) is 13.7 Å². The predicted molar refractivity (Wildman–Crippen MR) is 75.1 cm³/mol. The Morgan fingerprint density at radius 3 is 2.89 bits per heavy atom. The summed E-state index contributed by atoms with van der Waals surface area (Å²) in [6, 6.07) is 11.1. The zero-order valence-electron chi connectivity index (χ0n) is 10.8. The van der Waals surface area contributed by atoms with E-state index in [0.717, 1.165) is 12.1 Å². The van der Waals surface area contributed by atoms with Crippen molar-refractivity contribution in [3.05, 3.63) is 53.9 Å². The van der Waals surface area contributed by atoms with Gasteiger partial charge >= 0.3 is 0 Å². The first-order chi connectivity index (χ1) is 9.31. The van der Waals surface area contributed by atoms with Crippen LogP contribution in [0.3, 0.4) is 0 Å². The van der Waals surface area contributed by atoms with Crippen molar-refractivity contribution in [2.45, 2.75) is 6.42 Å². The number of phenolic OH excluding ortho intramolecular Hbond substituents is 1. The number of aromatic nitrogens is 1. The Labute approximate surface area is 112 Å². The number of phenols is 1. The Morgan fingerprint density at radius 2 is 2.16 bits per heavy atom. The van der Waals surface area contributed by atoms with Gasteiger partial charge in [-0.05, 0) is 24.3 Å². The summed E-state index contributed by atoms with van der Waals surface area (Å²) in [5.41, 5.74) is 1.66. The van der Waals surface area contributed by atoms with E-state index in [1.165, 1.54) is 7.11 Å². The number of ether oxygens (including phenoxy) is 1. The summed E-state index contributed by atoms with van der Waals surface area (Å²) in [7, 11) is 1.52. The van der Waals surface area contributed by atoms with Crippen LogP contribution in [0.5, 0.6) is 11.5 Å². The van der Waals surface area contributed by atoms with E-state index in [-0.39, 0.29) is 5.75 Å². The minimum Gasteiger partial charge on any atom is -0.504 e. The van der Waals surface area contributed by atoms with Crippen molar-refractivity contribution >= 4 is 6.21 Å². The molecule has 98 valence electrons. The molecule has 1 aromatic heterocycles. The van der Waals surface area contributed by atoms with Gasteiger partial charge in [-0.2, -0.15) is 0 Å². The molecule has 0 fully saturated rings. The number of methoxy groups -OCH3 is 1. The number of nitrogens with zero attached hydrogens (tertiary/aromatic N) is 2. The molecule has 4 nitrogen and oxygen atoms in total. The number of aliphatic imine (C=N–C) groups is 1. The quantitative estimate of drug-likeness (QED) is 0.836. The zero-order chi connectivity index (χ0) is 13.5. The highest BCUT2D eigenvalue weighted by Gasteiger charge is 2.04. The maximum atomic E-state index is 9.88. The van der Waals surface area contributed by atoms with Gasteiger partial charge < -0.3 is 9.84 Å². The Hall–Kier alpha value is -2.36. The van der Waals surface area contributed by atoms with E-state index in [9.17, 15) is 5.11 Å². The number of para-hydroxylation sites is 1. The largest absolute Gasteiger partial charge is 0.504 e. The Balaban J connectivity index is 1.96. The van der Waals surface area contributed by atoms with Crippen molar-refractivity contribution in [1.29, 1.82) is 0 Å². The van der Waals surface area contributed by atoms with Crippen LogP contribution in [0.25, 0.3) is 0 Å². The van der Waals surface area contributed by atoms with Crippen molar-refractivity contribution in [3.8, 4) is 11.5 Å². The summed E-state index contributed by atoms with van der Waals surface area (Å²) in [4.78, 5) is 8.52. The molecule has 0 spiro atoms. The third-order valence-corrected chi connectivity index (χ3v) is 2.70. The van der Waals surface area contributed by atoms with Gasteiger partial charge in [0.25, 0.3) is 0 Å². The highest BCUT2D eigenvalue weighted by molar-refractivity contribution is 5.84. The molecule has 4 heteroatoms. The first-order valence-corrected chi connectivity index (χ1v) is 6.07. The predicted octanol–water partition coefficient (Wildman–Crippen LogP) is 2.46. The van der Waals surface area contributed by atoms with Gasteiger partial charge in [0.2, 0.25) is 0 Å². The summed E-state index contributed by atoms with van der Waals surface area (Å²) < 4.78 is 5.04. The fourth-order valence-corrected chi connectivity index (χ4v) is 1.70. The summed E-state index contributed by atoms with van der Waals surface area (Å²) in [5, 5.41) is 9.88. The zero-order valence-corrected chi connectivity index (χ0v) is 10.8. The van der Waals surface area contributed by atoms with Crippen LogP contribution in [-0.2, 0) is 6.42 Å². The summed E-state index contributed by atoms with van der Waals surface area (Å²) in [6.45, 7) is 0.633. The monoisotopic (exact) mass is 256 g/mol. The standard InChI is InChI=1S/C15H16N2O2/c1-19-14-7-4-5-12(15(14)18)11-16-10-8-13-6-2-3-9-17-13/h2-7,9,11,18H,8,10H2,1H3. The lowest BCUT2D eigenvalue weighted by Gasteiger charge is -2.04. The van der Waals surface area contributed by atoms with E-state index in [1.54, 1.807) is 24.5 Å². The Morgan fingerprint density at radius 1 is 1.26 bits per heavy atom. The Bertz CT molecular complexity index is 553. The third-order valence-electron chi connectivity index (χ3n) is 2.70. The van der Waals surface area contributed by atoms with Gasteiger partial charge in [-0.25, -0.2) is 0 Å². The highest BCUT2D eigenvalue weighted by Crippen LogP contribution is 2.27. The minimum atomic E-state index is 0.117. The van der Waals surface area contributed by atoms with E-state index in [0.29, 0.717) is 17.9 Å². The smallest absolute Gasteiger partial charge is 0.166 e. The molecule has 0 aliphatic carbocycles. The topological polar surface area (TPSA) is 54.7 Å². The third kappa shape index (κ3) is 3.55. The molecular weight excluding hydrogens is 240 g/mol. The number of rotatable bonds is 5. The Kier molecular flexibility index (Phi) is 4.50. The molecule has 0 amide bonds. The summed E-state index contributed by atoms with van der Waals surface area (Å²) in [6.07, 6.45) is 4.20. The van der Waals surface area contributed by atoms with Crippen LogP contribution in [0.1, 0.15) is 11.3 Å². The number of benzene rings is 1. The van der Waals surface area contributed by atoms with Gasteiger partial charge in [-0.1, -0.05) is 12.1 Å². The molecule has 19 heavy (non-hydrogen) atoms. The van der Waals surface area contributed by atoms with Crippen LogP contribution in [0, 0.1) is 0 Å². The van der Waals surface area contributed by atoms with Gasteiger partial charge in [-0.15, -0.1) is 0 Å². The molecule has 2 rings (SSSR count). The molecule has 2 aromatic rings. The van der Waals surface area contributed by atoms with Crippen molar-refractivity contribution in [3.63, 3.8) is 0 Å². The van der Waals surface area contributed by atoms with Crippen LogP contribution >= 0.6 is 0 Å². The number of aromatic hydroxyl groups is 1. The lowest BCUT2D eigenvalue weighted by molar-refractivity contribution is 0.373. The second kappa shape index (κ2) is 6.54. The van der Waals surface area contributed by atoms with Gasteiger partial charge in [0.05, 0.1) is 7.11 Å². The number of hydrogen-bond donors (Lipinski definition) is 1. The first kappa shape index (κ1) is 13.1. The van der Waals surface area contributed by atoms with Crippen molar-refractivity contribution in [2.24, 2.45) is 4.99 Å².